The van der Waals surface area contributed by atoms with Gasteiger partial charge in [-0.25, -0.2) is 0 Å². The highest BCUT2D eigenvalue weighted by Gasteiger charge is 2.31. The lowest BCUT2D eigenvalue weighted by molar-refractivity contribution is -0.146. The van der Waals surface area contributed by atoms with E-state index in [-0.39, 0.29) is 6.54 Å². The summed E-state index contributed by atoms with van der Waals surface area (Å²) in [5.41, 5.74) is 1.27. The molecule has 0 fully saturated rings. The predicted molar refractivity (Wildman–Crippen MR) is 72.8 cm³/mol. The fraction of sp³-hybridized carbons (Fsp3) is 0.727. The second-order valence-corrected chi connectivity index (χ2v) is 5.35. The second-order valence-electron chi connectivity index (χ2n) is 4.18. The van der Waals surface area contributed by atoms with Crippen molar-refractivity contribution in [1.82, 2.24) is 14.7 Å². The molecule has 0 spiro atoms. The summed E-state index contributed by atoms with van der Waals surface area (Å²) in [4.78, 5) is 1.31. The zero-order valence-corrected chi connectivity index (χ0v) is 13.1. The molecule has 1 rings (SSSR count). The Morgan fingerprint density at radius 2 is 2.05 bits per heavy atom. The molecule has 0 saturated carbocycles. The zero-order valence-electron chi connectivity index (χ0n) is 10.8. The number of halogens is 5. The van der Waals surface area contributed by atoms with E-state index in [9.17, 15) is 13.2 Å². The molecular formula is C11H16BrClF3N3. The molecule has 0 radical (unpaired) electrons. The van der Waals surface area contributed by atoms with Crippen molar-refractivity contribution in [3.8, 4) is 0 Å². The van der Waals surface area contributed by atoms with Crippen molar-refractivity contribution in [1.29, 1.82) is 0 Å². The zero-order chi connectivity index (χ0) is 14.6. The molecule has 0 N–H and O–H groups in total. The number of aryl methyl sites for hydroxylation is 2. The number of aromatic nitrogens is 2. The van der Waals surface area contributed by atoms with Gasteiger partial charge in [-0.3, -0.25) is 9.58 Å². The molecule has 0 unspecified atom stereocenters. The molecule has 0 saturated heterocycles. The van der Waals surface area contributed by atoms with Crippen LogP contribution in [0.1, 0.15) is 18.3 Å². The standard InChI is InChI=1S/C11H16BrClF3N3/c1-3-19-9(10(13)8(2)17-19)6-18(5-4-12)7-11(14,15)16/h3-7H2,1-2H3. The van der Waals surface area contributed by atoms with E-state index in [1.165, 1.54) is 4.90 Å². The van der Waals surface area contributed by atoms with Crippen LogP contribution < -0.4 is 0 Å². The van der Waals surface area contributed by atoms with Crippen molar-refractivity contribution < 1.29 is 13.2 Å². The maximum absolute atomic E-state index is 12.5. The molecule has 8 heteroatoms. The first kappa shape index (κ1) is 16.8. The Kier molecular flexibility index (Phi) is 6.14. The monoisotopic (exact) mass is 361 g/mol. The Labute approximate surface area is 123 Å². The lowest BCUT2D eigenvalue weighted by Crippen LogP contribution is -2.35. The Hall–Kier alpha value is -0.270. The number of rotatable bonds is 6. The Bertz CT molecular complexity index is 420. The molecule has 1 aromatic rings. The molecule has 0 amide bonds. The maximum atomic E-state index is 12.5. The van der Waals surface area contributed by atoms with E-state index >= 15 is 0 Å². The highest BCUT2D eigenvalue weighted by molar-refractivity contribution is 9.09. The van der Waals surface area contributed by atoms with Gasteiger partial charge >= 0.3 is 6.18 Å². The molecule has 0 bridgehead atoms. The van der Waals surface area contributed by atoms with E-state index in [2.05, 4.69) is 21.0 Å². The van der Waals surface area contributed by atoms with E-state index in [0.29, 0.717) is 34.8 Å². The molecule has 0 aromatic carbocycles. The Balaban J connectivity index is 2.90. The largest absolute Gasteiger partial charge is 0.401 e. The van der Waals surface area contributed by atoms with Gasteiger partial charge in [-0.1, -0.05) is 27.5 Å². The summed E-state index contributed by atoms with van der Waals surface area (Å²) in [6.45, 7) is 3.68. The van der Waals surface area contributed by atoms with Crippen LogP contribution in [0.4, 0.5) is 13.2 Å². The van der Waals surface area contributed by atoms with Gasteiger partial charge in [0.25, 0.3) is 0 Å². The summed E-state index contributed by atoms with van der Waals surface area (Å²) in [6, 6.07) is 0. The van der Waals surface area contributed by atoms with E-state index in [0.717, 1.165) is 0 Å². The third-order valence-corrected chi connectivity index (χ3v) is 3.48. The predicted octanol–water partition coefficient (Wildman–Crippen LogP) is 3.62. The van der Waals surface area contributed by atoms with Crippen molar-refractivity contribution in [3.63, 3.8) is 0 Å². The van der Waals surface area contributed by atoms with Crippen LogP contribution in [0, 0.1) is 6.92 Å². The van der Waals surface area contributed by atoms with Crippen LogP contribution in [0.25, 0.3) is 0 Å². The van der Waals surface area contributed by atoms with Crippen molar-refractivity contribution >= 4 is 27.5 Å². The van der Waals surface area contributed by atoms with Gasteiger partial charge < -0.3 is 0 Å². The minimum absolute atomic E-state index is 0.138. The van der Waals surface area contributed by atoms with E-state index in [4.69, 9.17) is 11.6 Å². The maximum Gasteiger partial charge on any atom is 0.401 e. The first-order valence-corrected chi connectivity index (χ1v) is 7.35. The molecule has 110 valence electrons. The van der Waals surface area contributed by atoms with Crippen molar-refractivity contribution in [2.75, 3.05) is 18.4 Å². The van der Waals surface area contributed by atoms with Crippen LogP contribution in [0.5, 0.6) is 0 Å². The molecule has 19 heavy (non-hydrogen) atoms. The normalized spacial score (nSPS) is 12.4. The minimum Gasteiger partial charge on any atom is -0.288 e. The number of hydrogen-bond acceptors (Lipinski definition) is 2. The third-order valence-electron chi connectivity index (χ3n) is 2.63. The first-order valence-electron chi connectivity index (χ1n) is 5.85. The molecule has 1 heterocycles. The SMILES string of the molecule is CCn1nc(C)c(Cl)c1CN(CCBr)CC(F)(F)F. The van der Waals surface area contributed by atoms with Crippen LogP contribution in [-0.2, 0) is 13.1 Å². The van der Waals surface area contributed by atoms with Gasteiger partial charge in [0.15, 0.2) is 0 Å². The van der Waals surface area contributed by atoms with Crippen LogP contribution >= 0.6 is 27.5 Å². The van der Waals surface area contributed by atoms with Crippen LogP contribution in [0.3, 0.4) is 0 Å². The lowest BCUT2D eigenvalue weighted by atomic mass is 10.3. The van der Waals surface area contributed by atoms with E-state index in [1.807, 2.05) is 6.92 Å². The summed E-state index contributed by atoms with van der Waals surface area (Å²) in [5.74, 6) is 0. The summed E-state index contributed by atoms with van der Waals surface area (Å²) >= 11 is 9.27. The summed E-state index contributed by atoms with van der Waals surface area (Å²) in [7, 11) is 0. The number of nitrogens with zero attached hydrogens (tertiary/aromatic N) is 3. The van der Waals surface area contributed by atoms with Gasteiger partial charge in [-0.15, -0.1) is 0 Å². The van der Waals surface area contributed by atoms with Crippen LogP contribution in [0.15, 0.2) is 0 Å². The molecule has 0 atom stereocenters. The average molecular weight is 363 g/mol. The lowest BCUT2D eigenvalue weighted by Gasteiger charge is -2.23. The quantitative estimate of drug-likeness (QED) is 0.721. The van der Waals surface area contributed by atoms with Gasteiger partial charge in [0, 0.05) is 25.0 Å². The molecule has 0 aliphatic heterocycles. The molecule has 1 aromatic heterocycles. The van der Waals surface area contributed by atoms with Gasteiger partial charge in [0.05, 0.1) is 23.0 Å². The number of hydrogen-bond donors (Lipinski definition) is 0. The molecule has 0 aliphatic carbocycles. The Morgan fingerprint density at radius 3 is 2.53 bits per heavy atom. The smallest absolute Gasteiger partial charge is 0.288 e. The Morgan fingerprint density at radius 1 is 1.42 bits per heavy atom. The average Bonchev–Trinajstić information content (AvgIpc) is 2.55. The molecular weight excluding hydrogens is 346 g/mol. The second kappa shape index (κ2) is 6.95. The summed E-state index contributed by atoms with van der Waals surface area (Å²) in [5, 5.41) is 5.12. The van der Waals surface area contributed by atoms with E-state index in [1.54, 1.807) is 11.6 Å². The van der Waals surface area contributed by atoms with Gasteiger partial charge in [0.2, 0.25) is 0 Å². The van der Waals surface area contributed by atoms with E-state index < -0.39 is 12.7 Å². The van der Waals surface area contributed by atoms with Crippen LogP contribution in [-0.4, -0.2) is 39.3 Å². The summed E-state index contributed by atoms with van der Waals surface area (Å²) in [6.07, 6.45) is -4.22. The third kappa shape index (κ3) is 4.96. The fourth-order valence-electron chi connectivity index (χ4n) is 1.82. The molecule has 3 nitrogen and oxygen atoms in total. The van der Waals surface area contributed by atoms with Crippen molar-refractivity contribution in [2.24, 2.45) is 0 Å². The van der Waals surface area contributed by atoms with Gasteiger partial charge in [-0.2, -0.15) is 18.3 Å². The van der Waals surface area contributed by atoms with Crippen LogP contribution in [0.2, 0.25) is 5.02 Å². The first-order chi connectivity index (χ1) is 8.78. The molecule has 0 aliphatic rings. The summed E-state index contributed by atoms with van der Waals surface area (Å²) < 4.78 is 39.2. The van der Waals surface area contributed by atoms with Gasteiger partial charge in [0.1, 0.15) is 0 Å². The fourth-order valence-corrected chi connectivity index (χ4v) is 2.52. The van der Waals surface area contributed by atoms with Gasteiger partial charge in [-0.05, 0) is 13.8 Å². The topological polar surface area (TPSA) is 21.1 Å². The number of alkyl halides is 4. The minimum atomic E-state index is -4.22. The highest BCUT2D eigenvalue weighted by Crippen LogP contribution is 2.24. The van der Waals surface area contributed by atoms with Crippen molar-refractivity contribution in [3.05, 3.63) is 16.4 Å². The highest BCUT2D eigenvalue weighted by atomic mass is 79.9. The van der Waals surface area contributed by atoms with Crippen molar-refractivity contribution in [2.45, 2.75) is 33.1 Å².